The Labute approximate surface area is 79.6 Å². The molecule has 0 aromatic rings. The van der Waals surface area contributed by atoms with Crippen LogP contribution in [0.1, 0.15) is 20.3 Å². The van der Waals surface area contributed by atoms with Crippen molar-refractivity contribution < 1.29 is 14.3 Å². The molecule has 0 aliphatic carbocycles. The van der Waals surface area contributed by atoms with Crippen LogP contribution < -0.4 is 5.32 Å². The normalized spacial score (nSPS) is 12.5. The Kier molecular flexibility index (Phi) is 7.63. The molecule has 4 nitrogen and oxygen atoms in total. The molecule has 78 valence electrons. The van der Waals surface area contributed by atoms with E-state index in [0.29, 0.717) is 13.2 Å². The fraction of sp³-hybridized carbons (Fsp3) is 0.889. The number of rotatable bonds is 7. The summed E-state index contributed by atoms with van der Waals surface area (Å²) in [5.41, 5.74) is 0. The second kappa shape index (κ2) is 8.01. The summed E-state index contributed by atoms with van der Waals surface area (Å²) < 4.78 is 9.70. The van der Waals surface area contributed by atoms with Crippen LogP contribution in [0.3, 0.4) is 0 Å². The van der Waals surface area contributed by atoms with Gasteiger partial charge in [0.2, 0.25) is 0 Å². The first-order valence-electron chi connectivity index (χ1n) is 4.61. The minimum Gasteiger partial charge on any atom is -0.465 e. The van der Waals surface area contributed by atoms with Crippen molar-refractivity contribution in [3.8, 4) is 0 Å². The Morgan fingerprint density at radius 3 is 2.77 bits per heavy atom. The van der Waals surface area contributed by atoms with E-state index in [4.69, 9.17) is 9.47 Å². The molecule has 0 aromatic heterocycles. The SMILES string of the molecule is CCOC(=O)[C@H](C)NCCCOC. The van der Waals surface area contributed by atoms with E-state index in [1.54, 1.807) is 21.0 Å². The third-order valence-corrected chi connectivity index (χ3v) is 1.62. The van der Waals surface area contributed by atoms with Crippen LogP contribution in [0.15, 0.2) is 0 Å². The van der Waals surface area contributed by atoms with E-state index in [1.165, 1.54) is 0 Å². The van der Waals surface area contributed by atoms with Crippen molar-refractivity contribution in [1.29, 1.82) is 0 Å². The van der Waals surface area contributed by atoms with E-state index in [9.17, 15) is 4.79 Å². The number of esters is 1. The summed E-state index contributed by atoms with van der Waals surface area (Å²) in [6.07, 6.45) is 0.903. The summed E-state index contributed by atoms with van der Waals surface area (Å²) in [7, 11) is 1.66. The van der Waals surface area contributed by atoms with Crippen LogP contribution in [0.25, 0.3) is 0 Å². The van der Waals surface area contributed by atoms with Gasteiger partial charge in [0.15, 0.2) is 0 Å². The van der Waals surface area contributed by atoms with Gasteiger partial charge in [-0.1, -0.05) is 0 Å². The van der Waals surface area contributed by atoms with Gasteiger partial charge in [-0.05, 0) is 26.8 Å². The Balaban J connectivity index is 3.38. The zero-order valence-corrected chi connectivity index (χ0v) is 8.63. The molecule has 0 aliphatic rings. The number of ether oxygens (including phenoxy) is 2. The van der Waals surface area contributed by atoms with Gasteiger partial charge < -0.3 is 14.8 Å². The standard InChI is InChI=1S/C9H19NO3/c1-4-13-9(11)8(2)10-6-5-7-12-3/h8,10H,4-7H2,1-3H3/t8-/m0/s1. The molecule has 0 amide bonds. The molecule has 0 saturated carbocycles. The number of nitrogens with one attached hydrogen (secondary N) is 1. The fourth-order valence-corrected chi connectivity index (χ4v) is 0.886. The smallest absolute Gasteiger partial charge is 0.322 e. The zero-order chi connectivity index (χ0) is 10.1. The number of hydrogen-bond donors (Lipinski definition) is 1. The molecule has 0 heterocycles. The van der Waals surface area contributed by atoms with E-state index in [1.807, 2.05) is 0 Å². The predicted octanol–water partition coefficient (Wildman–Crippen LogP) is 0.564. The highest BCUT2D eigenvalue weighted by Crippen LogP contribution is 1.88. The largest absolute Gasteiger partial charge is 0.465 e. The predicted molar refractivity (Wildman–Crippen MR) is 50.6 cm³/mol. The third-order valence-electron chi connectivity index (χ3n) is 1.62. The minimum absolute atomic E-state index is 0.195. The summed E-state index contributed by atoms with van der Waals surface area (Å²) in [6, 6.07) is -0.225. The number of carbonyl (C=O) groups is 1. The number of methoxy groups -OCH3 is 1. The lowest BCUT2D eigenvalue weighted by atomic mass is 10.3. The average molecular weight is 189 g/mol. The van der Waals surface area contributed by atoms with Crippen LogP contribution in [-0.4, -0.2) is 38.9 Å². The van der Waals surface area contributed by atoms with Crippen LogP contribution in [0.2, 0.25) is 0 Å². The topological polar surface area (TPSA) is 47.6 Å². The van der Waals surface area contributed by atoms with Crippen molar-refractivity contribution in [3.05, 3.63) is 0 Å². The summed E-state index contributed by atoms with van der Waals surface area (Å²) in [5.74, 6) is -0.195. The first-order valence-corrected chi connectivity index (χ1v) is 4.61. The molecular weight excluding hydrogens is 170 g/mol. The third kappa shape index (κ3) is 6.54. The van der Waals surface area contributed by atoms with Crippen molar-refractivity contribution in [2.45, 2.75) is 26.3 Å². The first-order chi connectivity index (χ1) is 6.22. The maximum absolute atomic E-state index is 11.1. The van der Waals surface area contributed by atoms with Crippen LogP contribution in [0.5, 0.6) is 0 Å². The Hall–Kier alpha value is -0.610. The first kappa shape index (κ1) is 12.4. The highest BCUT2D eigenvalue weighted by atomic mass is 16.5. The lowest BCUT2D eigenvalue weighted by Gasteiger charge is -2.11. The van der Waals surface area contributed by atoms with Gasteiger partial charge in [-0.3, -0.25) is 4.79 Å². The highest BCUT2D eigenvalue weighted by Gasteiger charge is 2.11. The monoisotopic (exact) mass is 189 g/mol. The Morgan fingerprint density at radius 2 is 2.23 bits per heavy atom. The minimum atomic E-state index is -0.225. The summed E-state index contributed by atoms with van der Waals surface area (Å²) in [5, 5.41) is 3.05. The van der Waals surface area contributed by atoms with E-state index < -0.39 is 0 Å². The van der Waals surface area contributed by atoms with E-state index in [2.05, 4.69) is 5.32 Å². The van der Waals surface area contributed by atoms with Crippen molar-refractivity contribution >= 4 is 5.97 Å². The average Bonchev–Trinajstić information content (AvgIpc) is 2.12. The fourth-order valence-electron chi connectivity index (χ4n) is 0.886. The second-order valence-corrected chi connectivity index (χ2v) is 2.77. The second-order valence-electron chi connectivity index (χ2n) is 2.77. The molecule has 13 heavy (non-hydrogen) atoms. The van der Waals surface area contributed by atoms with Crippen LogP contribution in [-0.2, 0) is 14.3 Å². The lowest BCUT2D eigenvalue weighted by Crippen LogP contribution is -2.36. The molecule has 0 rings (SSSR count). The molecule has 1 N–H and O–H groups in total. The maximum atomic E-state index is 11.1. The molecule has 0 fully saturated rings. The van der Waals surface area contributed by atoms with Gasteiger partial charge in [-0.15, -0.1) is 0 Å². The molecule has 0 aliphatic heterocycles. The molecule has 0 spiro atoms. The van der Waals surface area contributed by atoms with Crippen molar-refractivity contribution in [2.75, 3.05) is 26.9 Å². The molecule has 0 radical (unpaired) electrons. The summed E-state index contributed by atoms with van der Waals surface area (Å²) >= 11 is 0. The summed E-state index contributed by atoms with van der Waals surface area (Å²) in [4.78, 5) is 11.1. The molecule has 4 heteroatoms. The Bertz CT molecular complexity index is 139. The lowest BCUT2D eigenvalue weighted by molar-refractivity contribution is -0.145. The van der Waals surface area contributed by atoms with E-state index >= 15 is 0 Å². The molecule has 0 aromatic carbocycles. The number of hydrogen-bond acceptors (Lipinski definition) is 4. The highest BCUT2D eigenvalue weighted by molar-refractivity contribution is 5.75. The molecular formula is C9H19NO3. The van der Waals surface area contributed by atoms with Crippen LogP contribution in [0.4, 0.5) is 0 Å². The van der Waals surface area contributed by atoms with Gasteiger partial charge >= 0.3 is 5.97 Å². The van der Waals surface area contributed by atoms with Gasteiger partial charge in [0.1, 0.15) is 6.04 Å². The van der Waals surface area contributed by atoms with Crippen molar-refractivity contribution in [2.24, 2.45) is 0 Å². The van der Waals surface area contributed by atoms with Crippen molar-refractivity contribution in [3.63, 3.8) is 0 Å². The quantitative estimate of drug-likeness (QED) is 0.469. The van der Waals surface area contributed by atoms with Crippen molar-refractivity contribution in [1.82, 2.24) is 5.32 Å². The van der Waals surface area contributed by atoms with Gasteiger partial charge in [0.05, 0.1) is 6.61 Å². The van der Waals surface area contributed by atoms with E-state index in [0.717, 1.165) is 13.0 Å². The molecule has 0 saturated heterocycles. The number of carbonyl (C=O) groups excluding carboxylic acids is 1. The molecule has 0 unspecified atom stereocenters. The van der Waals surface area contributed by atoms with Gasteiger partial charge in [-0.2, -0.15) is 0 Å². The zero-order valence-electron chi connectivity index (χ0n) is 8.63. The van der Waals surface area contributed by atoms with E-state index in [-0.39, 0.29) is 12.0 Å². The van der Waals surface area contributed by atoms with Gasteiger partial charge in [-0.25, -0.2) is 0 Å². The molecule has 0 bridgehead atoms. The maximum Gasteiger partial charge on any atom is 0.322 e. The van der Waals surface area contributed by atoms with Gasteiger partial charge in [0.25, 0.3) is 0 Å². The molecule has 1 atom stereocenters. The van der Waals surface area contributed by atoms with Crippen LogP contribution >= 0.6 is 0 Å². The summed E-state index contributed by atoms with van der Waals surface area (Å²) in [6.45, 7) is 5.51. The van der Waals surface area contributed by atoms with Crippen LogP contribution in [0, 0.1) is 0 Å². The van der Waals surface area contributed by atoms with Gasteiger partial charge in [0, 0.05) is 13.7 Å². The Morgan fingerprint density at radius 1 is 1.54 bits per heavy atom.